The van der Waals surface area contributed by atoms with Crippen molar-refractivity contribution in [1.29, 1.82) is 0 Å². The van der Waals surface area contributed by atoms with Crippen LogP contribution in [-0.4, -0.2) is 46.7 Å². The number of carbonyl (C=O) groups excluding carboxylic acids is 2. The van der Waals surface area contributed by atoms with Crippen molar-refractivity contribution in [3.8, 4) is 0 Å². The summed E-state index contributed by atoms with van der Waals surface area (Å²) in [4.78, 5) is 33.5. The van der Waals surface area contributed by atoms with Crippen molar-refractivity contribution in [2.45, 2.75) is 25.4 Å². The molecule has 1 unspecified atom stereocenters. The van der Waals surface area contributed by atoms with E-state index in [2.05, 4.69) is 10.6 Å². The summed E-state index contributed by atoms with van der Waals surface area (Å²) in [7, 11) is 0. The lowest BCUT2D eigenvalue weighted by Gasteiger charge is -2.21. The van der Waals surface area contributed by atoms with E-state index in [0.29, 0.717) is 0 Å². The van der Waals surface area contributed by atoms with Crippen molar-refractivity contribution >= 4 is 17.8 Å². The first-order valence-electron chi connectivity index (χ1n) is 6.33. The molecule has 0 spiro atoms. The molecule has 116 valence electrons. The Morgan fingerprint density at radius 3 is 2.62 bits per heavy atom. The minimum Gasteiger partial charge on any atom is -0.481 e. The standard InChI is InChI=1S/C13H18N2O6/c1-13(20,7-11(17)18)8-15-10(16)4-5-14-12(19)9-3-2-6-21-9/h2-3,6,20H,4-5,7-8H2,1H3,(H,14,19)(H,15,16)(H,17,18). The van der Waals surface area contributed by atoms with Crippen LogP contribution in [0.3, 0.4) is 0 Å². The zero-order valence-corrected chi connectivity index (χ0v) is 11.6. The Morgan fingerprint density at radius 2 is 2.05 bits per heavy atom. The lowest BCUT2D eigenvalue weighted by Crippen LogP contribution is -2.42. The van der Waals surface area contributed by atoms with Crippen LogP contribution < -0.4 is 10.6 Å². The molecular formula is C13H18N2O6. The van der Waals surface area contributed by atoms with Crippen LogP contribution in [0.2, 0.25) is 0 Å². The van der Waals surface area contributed by atoms with Gasteiger partial charge in [-0.2, -0.15) is 0 Å². The highest BCUT2D eigenvalue weighted by molar-refractivity contribution is 5.91. The first kappa shape index (κ1) is 16.7. The first-order chi connectivity index (χ1) is 9.80. The molecule has 21 heavy (non-hydrogen) atoms. The molecule has 1 rings (SSSR count). The van der Waals surface area contributed by atoms with Gasteiger partial charge in [0, 0.05) is 19.5 Å². The van der Waals surface area contributed by atoms with Gasteiger partial charge in [-0.25, -0.2) is 0 Å². The summed E-state index contributed by atoms with van der Waals surface area (Å²) in [5.41, 5.74) is -1.51. The van der Waals surface area contributed by atoms with Crippen LogP contribution in [0.1, 0.15) is 30.3 Å². The molecule has 0 saturated carbocycles. The fourth-order valence-corrected chi connectivity index (χ4v) is 1.55. The molecule has 1 heterocycles. The monoisotopic (exact) mass is 298 g/mol. The van der Waals surface area contributed by atoms with Gasteiger partial charge in [0.1, 0.15) is 0 Å². The van der Waals surface area contributed by atoms with Gasteiger partial charge in [0.05, 0.1) is 18.3 Å². The molecule has 1 aromatic rings. The molecule has 8 heteroatoms. The number of carboxylic acids is 1. The summed E-state index contributed by atoms with van der Waals surface area (Å²) in [5.74, 6) is -1.83. The molecule has 0 aliphatic carbocycles. The third kappa shape index (κ3) is 6.57. The van der Waals surface area contributed by atoms with Gasteiger partial charge < -0.3 is 25.3 Å². The number of furan rings is 1. The van der Waals surface area contributed by atoms with Gasteiger partial charge in [0.25, 0.3) is 5.91 Å². The predicted octanol–water partition coefficient (Wildman–Crippen LogP) is -0.259. The Kier molecular flexibility index (Phi) is 5.92. The highest BCUT2D eigenvalue weighted by atomic mass is 16.4. The third-order valence-corrected chi connectivity index (χ3v) is 2.58. The van der Waals surface area contributed by atoms with E-state index in [-0.39, 0.29) is 25.3 Å². The minimum absolute atomic E-state index is 0.00952. The van der Waals surface area contributed by atoms with Crippen molar-refractivity contribution in [1.82, 2.24) is 10.6 Å². The average Bonchev–Trinajstić information content (AvgIpc) is 2.88. The lowest BCUT2D eigenvalue weighted by molar-refractivity contribution is -0.142. The molecule has 0 saturated heterocycles. The Balaban J connectivity index is 2.22. The number of aliphatic hydroxyl groups is 1. The Hall–Kier alpha value is -2.35. The average molecular weight is 298 g/mol. The Labute approximate surface area is 121 Å². The van der Waals surface area contributed by atoms with E-state index in [1.54, 1.807) is 6.07 Å². The van der Waals surface area contributed by atoms with Crippen LogP contribution in [0.5, 0.6) is 0 Å². The summed E-state index contributed by atoms with van der Waals surface area (Å²) in [6.45, 7) is 1.25. The predicted molar refractivity (Wildman–Crippen MR) is 71.5 cm³/mol. The number of hydrogen-bond acceptors (Lipinski definition) is 5. The SMILES string of the molecule is CC(O)(CNC(=O)CCNC(=O)c1ccco1)CC(=O)O. The summed E-state index contributed by atoms with van der Waals surface area (Å²) in [6.07, 6.45) is 0.907. The maximum absolute atomic E-state index is 11.5. The van der Waals surface area contributed by atoms with E-state index in [9.17, 15) is 19.5 Å². The largest absolute Gasteiger partial charge is 0.481 e. The van der Waals surface area contributed by atoms with Crippen LogP contribution in [0.4, 0.5) is 0 Å². The summed E-state index contributed by atoms with van der Waals surface area (Å²) in [5, 5.41) is 23.2. The molecule has 0 radical (unpaired) electrons. The highest BCUT2D eigenvalue weighted by Crippen LogP contribution is 2.07. The first-order valence-corrected chi connectivity index (χ1v) is 6.33. The Bertz CT molecular complexity index is 495. The van der Waals surface area contributed by atoms with Crippen molar-refractivity contribution in [3.05, 3.63) is 24.2 Å². The second-order valence-electron chi connectivity index (χ2n) is 4.83. The van der Waals surface area contributed by atoms with Crippen molar-refractivity contribution in [3.63, 3.8) is 0 Å². The van der Waals surface area contributed by atoms with Gasteiger partial charge in [-0.3, -0.25) is 14.4 Å². The van der Waals surface area contributed by atoms with Gasteiger partial charge >= 0.3 is 5.97 Å². The normalized spacial score (nSPS) is 13.2. The number of amides is 2. The molecule has 1 aromatic heterocycles. The third-order valence-electron chi connectivity index (χ3n) is 2.58. The number of nitrogens with one attached hydrogen (secondary N) is 2. The van der Waals surface area contributed by atoms with E-state index >= 15 is 0 Å². The number of rotatable bonds is 8. The van der Waals surface area contributed by atoms with Gasteiger partial charge in [0.2, 0.25) is 5.91 Å². The fourth-order valence-electron chi connectivity index (χ4n) is 1.55. The molecule has 4 N–H and O–H groups in total. The molecule has 0 bridgehead atoms. The summed E-state index contributed by atoms with van der Waals surface area (Å²) >= 11 is 0. The molecule has 0 aliphatic heterocycles. The molecule has 0 fully saturated rings. The summed E-state index contributed by atoms with van der Waals surface area (Å²) in [6, 6.07) is 3.07. The van der Waals surface area contributed by atoms with Gasteiger partial charge in [-0.1, -0.05) is 0 Å². The number of hydrogen-bond donors (Lipinski definition) is 4. The lowest BCUT2D eigenvalue weighted by atomic mass is 10.0. The molecule has 8 nitrogen and oxygen atoms in total. The van der Waals surface area contributed by atoms with Gasteiger partial charge in [-0.15, -0.1) is 0 Å². The van der Waals surface area contributed by atoms with Crippen LogP contribution in [0, 0.1) is 0 Å². The molecule has 0 aliphatic rings. The fraction of sp³-hybridized carbons (Fsp3) is 0.462. The minimum atomic E-state index is -1.51. The molecular weight excluding hydrogens is 280 g/mol. The van der Waals surface area contributed by atoms with Gasteiger partial charge in [0.15, 0.2) is 5.76 Å². The highest BCUT2D eigenvalue weighted by Gasteiger charge is 2.24. The number of carboxylic acid groups (broad SMARTS) is 1. The number of aliphatic carboxylic acids is 1. The maximum atomic E-state index is 11.5. The van der Waals surface area contributed by atoms with Crippen LogP contribution in [0.15, 0.2) is 22.8 Å². The number of carbonyl (C=O) groups is 3. The zero-order chi connectivity index (χ0) is 15.9. The van der Waals surface area contributed by atoms with E-state index in [1.165, 1.54) is 19.3 Å². The summed E-state index contributed by atoms with van der Waals surface area (Å²) < 4.78 is 4.88. The Morgan fingerprint density at radius 1 is 1.33 bits per heavy atom. The van der Waals surface area contributed by atoms with E-state index in [0.717, 1.165) is 0 Å². The second-order valence-corrected chi connectivity index (χ2v) is 4.83. The van der Waals surface area contributed by atoms with E-state index < -0.39 is 29.8 Å². The van der Waals surface area contributed by atoms with Crippen molar-refractivity contribution < 1.29 is 29.0 Å². The van der Waals surface area contributed by atoms with Crippen molar-refractivity contribution in [2.75, 3.05) is 13.1 Å². The van der Waals surface area contributed by atoms with Crippen LogP contribution >= 0.6 is 0 Å². The molecule has 1 atom stereocenters. The molecule has 0 aromatic carbocycles. The van der Waals surface area contributed by atoms with Crippen LogP contribution in [-0.2, 0) is 9.59 Å². The van der Waals surface area contributed by atoms with E-state index in [1.807, 2.05) is 0 Å². The topological polar surface area (TPSA) is 129 Å². The van der Waals surface area contributed by atoms with Crippen molar-refractivity contribution in [2.24, 2.45) is 0 Å². The van der Waals surface area contributed by atoms with Crippen LogP contribution in [0.25, 0.3) is 0 Å². The quantitative estimate of drug-likeness (QED) is 0.523. The maximum Gasteiger partial charge on any atom is 0.306 e. The molecule has 2 amide bonds. The zero-order valence-electron chi connectivity index (χ0n) is 11.6. The smallest absolute Gasteiger partial charge is 0.306 e. The van der Waals surface area contributed by atoms with E-state index in [4.69, 9.17) is 9.52 Å². The van der Waals surface area contributed by atoms with Gasteiger partial charge in [-0.05, 0) is 19.1 Å². The second kappa shape index (κ2) is 7.44.